The number of carbonyl (C=O) groups is 1. The number of phosphoric ester groups is 1. The predicted molar refractivity (Wildman–Crippen MR) is 148 cm³/mol. The number of phenols is 1. The lowest BCUT2D eigenvalue weighted by atomic mass is 10.0. The van der Waals surface area contributed by atoms with E-state index in [4.69, 9.17) is 19.5 Å². The summed E-state index contributed by atoms with van der Waals surface area (Å²) in [6.07, 6.45) is -0.536. The minimum Gasteiger partial charge on any atom is -0.508 e. The smallest absolute Gasteiger partial charge is 0.472 e. The molecule has 2 heterocycles. The van der Waals surface area contributed by atoms with Crippen molar-refractivity contribution >= 4 is 19.5 Å². The van der Waals surface area contributed by atoms with Crippen LogP contribution in [0.15, 0.2) is 41.3 Å². The number of aromatic hydroxyl groups is 1. The molecule has 7 N–H and O–H groups in total. The highest BCUT2D eigenvalue weighted by molar-refractivity contribution is 7.47. The van der Waals surface area contributed by atoms with Crippen LogP contribution < -0.4 is 16.7 Å². The number of aliphatic hydroxyl groups is 2. The molecule has 14 nitrogen and oxygen atoms in total. The maximum absolute atomic E-state index is 12.7. The molecule has 0 spiro atoms. The van der Waals surface area contributed by atoms with Crippen molar-refractivity contribution < 1.29 is 43.4 Å². The van der Waals surface area contributed by atoms with Gasteiger partial charge in [-0.25, -0.2) is 9.36 Å². The van der Waals surface area contributed by atoms with E-state index in [1.165, 1.54) is 12.3 Å². The lowest BCUT2D eigenvalue weighted by molar-refractivity contribution is -0.121. The van der Waals surface area contributed by atoms with Gasteiger partial charge in [-0.2, -0.15) is 4.98 Å². The summed E-state index contributed by atoms with van der Waals surface area (Å²) in [5.41, 5.74) is 5.70. The van der Waals surface area contributed by atoms with Crippen molar-refractivity contribution in [2.24, 2.45) is 5.92 Å². The van der Waals surface area contributed by atoms with E-state index in [1.54, 1.807) is 31.2 Å². The molecule has 0 aliphatic carbocycles. The van der Waals surface area contributed by atoms with Crippen molar-refractivity contribution in [2.45, 2.75) is 70.0 Å². The zero-order valence-corrected chi connectivity index (χ0v) is 23.8. The quantitative estimate of drug-likeness (QED) is 0.119. The van der Waals surface area contributed by atoms with Gasteiger partial charge in [0.1, 0.15) is 23.8 Å². The number of benzene rings is 1. The van der Waals surface area contributed by atoms with Gasteiger partial charge in [0.2, 0.25) is 5.91 Å². The van der Waals surface area contributed by atoms with Gasteiger partial charge in [-0.3, -0.25) is 18.4 Å². The number of unbranched alkanes of at least 4 members (excludes halogenated alkanes) is 1. The normalized spacial score (nSPS) is 22.7. The van der Waals surface area contributed by atoms with Crippen LogP contribution in [0.2, 0.25) is 0 Å². The summed E-state index contributed by atoms with van der Waals surface area (Å²) in [7, 11) is -4.67. The maximum Gasteiger partial charge on any atom is 0.472 e. The van der Waals surface area contributed by atoms with Crippen molar-refractivity contribution in [3.63, 3.8) is 0 Å². The topological polar surface area (TPSA) is 216 Å². The second-order valence-electron chi connectivity index (χ2n) is 9.90. The van der Waals surface area contributed by atoms with Crippen LogP contribution in [0, 0.1) is 5.92 Å². The fourth-order valence-corrected chi connectivity index (χ4v) is 5.46. The Morgan fingerprint density at radius 1 is 1.27 bits per heavy atom. The number of carbonyl (C=O) groups excluding carboxylic acids is 1. The monoisotopic (exact) mass is 598 g/mol. The van der Waals surface area contributed by atoms with Gasteiger partial charge in [0.05, 0.1) is 12.7 Å². The number of ether oxygens (including phenoxy) is 1. The lowest BCUT2D eigenvalue weighted by Crippen LogP contribution is -2.36. The van der Waals surface area contributed by atoms with Crippen LogP contribution in [0.3, 0.4) is 0 Å². The van der Waals surface area contributed by atoms with Gasteiger partial charge in [0.15, 0.2) is 6.23 Å². The minimum atomic E-state index is -4.67. The molecule has 15 heteroatoms. The Bertz CT molecular complexity index is 1230. The van der Waals surface area contributed by atoms with Gasteiger partial charge >= 0.3 is 13.5 Å². The first-order valence-corrected chi connectivity index (χ1v) is 15.0. The van der Waals surface area contributed by atoms with Gasteiger partial charge in [-0.15, -0.1) is 0 Å². The third-order valence-electron chi connectivity index (χ3n) is 6.76. The fourth-order valence-electron chi connectivity index (χ4n) is 4.43. The number of aromatic nitrogens is 2. The second-order valence-corrected chi connectivity index (χ2v) is 11.3. The number of hydrogen-bond acceptors (Lipinski definition) is 11. The first kappa shape index (κ1) is 32.7. The SMILES string of the molecule is CC[C@H]1O[C@@H](n2ccc(N)nc2=O)C(O)C1OP(=O)(O)OCC(CO)CCCCNC(=O)CCc1ccc(O)cc1. The van der Waals surface area contributed by atoms with Crippen LogP contribution >= 0.6 is 7.82 Å². The maximum atomic E-state index is 12.7. The Labute approximate surface area is 237 Å². The third kappa shape index (κ3) is 9.89. The van der Waals surface area contributed by atoms with Crippen molar-refractivity contribution in [3.8, 4) is 5.75 Å². The van der Waals surface area contributed by atoms with Crippen molar-refractivity contribution in [3.05, 3.63) is 52.6 Å². The average Bonchev–Trinajstić information content (AvgIpc) is 3.23. The third-order valence-corrected chi connectivity index (χ3v) is 7.75. The minimum absolute atomic E-state index is 0.00278. The van der Waals surface area contributed by atoms with E-state index in [2.05, 4.69) is 10.3 Å². The highest BCUT2D eigenvalue weighted by Crippen LogP contribution is 2.49. The number of nitrogens with zero attached hydrogens (tertiary/aromatic N) is 2. The summed E-state index contributed by atoms with van der Waals surface area (Å²) in [5, 5.41) is 32.6. The van der Waals surface area contributed by atoms with E-state index < -0.39 is 44.0 Å². The Morgan fingerprint density at radius 3 is 2.66 bits per heavy atom. The first-order chi connectivity index (χ1) is 19.5. The molecule has 1 aromatic carbocycles. The average molecular weight is 599 g/mol. The molecule has 1 aromatic heterocycles. The lowest BCUT2D eigenvalue weighted by Gasteiger charge is -2.24. The summed E-state index contributed by atoms with van der Waals surface area (Å²) in [6.45, 7) is 1.61. The first-order valence-electron chi connectivity index (χ1n) is 13.5. The number of anilines is 1. The molecule has 41 heavy (non-hydrogen) atoms. The van der Waals surface area contributed by atoms with Crippen LogP contribution in [-0.4, -0.2) is 73.7 Å². The number of hydrogen-bond donors (Lipinski definition) is 6. The Kier molecular flexibility index (Phi) is 12.3. The molecule has 2 aromatic rings. The largest absolute Gasteiger partial charge is 0.508 e. The van der Waals surface area contributed by atoms with Crippen LogP contribution in [0.1, 0.15) is 50.8 Å². The van der Waals surface area contributed by atoms with Gasteiger partial charge in [-0.05, 0) is 49.4 Å². The zero-order valence-electron chi connectivity index (χ0n) is 22.9. The summed E-state index contributed by atoms with van der Waals surface area (Å²) in [6, 6.07) is 8.03. The van der Waals surface area contributed by atoms with Crippen molar-refractivity contribution in [1.82, 2.24) is 14.9 Å². The number of nitrogen functional groups attached to an aromatic ring is 1. The van der Waals surface area contributed by atoms with Crippen LogP contribution in [0.4, 0.5) is 5.82 Å². The molecule has 3 rings (SSSR count). The molecule has 0 radical (unpaired) electrons. The summed E-state index contributed by atoms with van der Waals surface area (Å²) in [4.78, 5) is 38.1. The molecule has 1 aliphatic heterocycles. The number of aryl methyl sites for hydroxylation is 1. The molecule has 228 valence electrons. The number of nitrogens with one attached hydrogen (secondary N) is 1. The van der Waals surface area contributed by atoms with Crippen molar-refractivity contribution in [1.29, 1.82) is 0 Å². The molecule has 1 aliphatic rings. The Hall–Kier alpha value is -2.84. The standard InChI is InChI=1S/C26H39N4O10P/c1-2-20-24(23(34)25(39-20)30-14-12-21(27)29-26(30)35)40-41(36,37)38-16-18(15-31)5-3-4-13-28-22(33)11-8-17-6-9-19(32)10-7-17/h6-7,9-10,12,14,18,20,23-25,31-32,34H,2-5,8,11,13,15-16H2,1H3,(H,28,33)(H,36,37)(H2,27,29,35)/t18?,20-,23?,24?,25-/m1/s1. The van der Waals surface area contributed by atoms with E-state index in [-0.39, 0.29) is 30.7 Å². The molecule has 0 bridgehead atoms. The van der Waals surface area contributed by atoms with E-state index in [0.29, 0.717) is 45.1 Å². The van der Waals surface area contributed by atoms with Crippen LogP contribution in [0.5, 0.6) is 5.75 Å². The molecular formula is C26H39N4O10P. The van der Waals surface area contributed by atoms with E-state index in [0.717, 1.165) is 10.1 Å². The number of aliphatic hydroxyl groups excluding tert-OH is 2. The van der Waals surface area contributed by atoms with Gasteiger partial charge in [0, 0.05) is 31.7 Å². The molecular weight excluding hydrogens is 559 g/mol. The van der Waals surface area contributed by atoms with E-state index in [9.17, 15) is 34.4 Å². The number of phenolic OH excluding ortho intramolecular Hbond substituents is 1. The summed E-state index contributed by atoms with van der Waals surface area (Å²) >= 11 is 0. The highest BCUT2D eigenvalue weighted by Gasteiger charge is 2.48. The van der Waals surface area contributed by atoms with Gasteiger partial charge in [-0.1, -0.05) is 25.5 Å². The molecule has 1 saturated heterocycles. The molecule has 1 fully saturated rings. The van der Waals surface area contributed by atoms with Crippen LogP contribution in [-0.2, 0) is 29.6 Å². The predicted octanol–water partition coefficient (Wildman–Crippen LogP) is 1.23. The van der Waals surface area contributed by atoms with E-state index in [1.807, 2.05) is 0 Å². The summed E-state index contributed by atoms with van der Waals surface area (Å²) in [5.74, 6) is -0.381. The fraction of sp³-hybridized carbons (Fsp3) is 0.577. The van der Waals surface area contributed by atoms with E-state index >= 15 is 0 Å². The molecule has 1 amide bonds. The second kappa shape index (κ2) is 15.4. The Morgan fingerprint density at radius 2 is 2.00 bits per heavy atom. The van der Waals surface area contributed by atoms with Gasteiger partial charge in [0.25, 0.3) is 0 Å². The molecule has 0 saturated carbocycles. The molecule has 4 unspecified atom stereocenters. The number of amides is 1. The summed E-state index contributed by atoms with van der Waals surface area (Å²) < 4.78 is 29.8. The number of rotatable bonds is 16. The Balaban J connectivity index is 1.39. The van der Waals surface area contributed by atoms with Gasteiger partial charge < -0.3 is 36.0 Å². The number of nitrogens with two attached hydrogens (primary N) is 1. The zero-order chi connectivity index (χ0) is 30.0. The molecule has 6 atom stereocenters. The van der Waals surface area contributed by atoms with Crippen LogP contribution in [0.25, 0.3) is 0 Å². The van der Waals surface area contributed by atoms with Crippen molar-refractivity contribution in [2.75, 3.05) is 25.5 Å². The highest BCUT2D eigenvalue weighted by atomic mass is 31.2. The number of phosphoric acid groups is 1.